The van der Waals surface area contributed by atoms with Crippen LogP contribution in [-0.2, 0) is 0 Å². The Labute approximate surface area is 105 Å². The van der Waals surface area contributed by atoms with Crippen LogP contribution in [0.2, 0.25) is 0 Å². The molecular formula is C15H11N3. The van der Waals surface area contributed by atoms with E-state index in [-0.39, 0.29) is 0 Å². The molecular weight excluding hydrogens is 222 g/mol. The van der Waals surface area contributed by atoms with Gasteiger partial charge >= 0.3 is 0 Å². The molecule has 3 nitrogen and oxygen atoms in total. The maximum atomic E-state index is 5.76. The van der Waals surface area contributed by atoms with Crippen LogP contribution in [0.3, 0.4) is 0 Å². The van der Waals surface area contributed by atoms with Gasteiger partial charge in [0.25, 0.3) is 0 Å². The van der Waals surface area contributed by atoms with Gasteiger partial charge in [0.2, 0.25) is 0 Å². The summed E-state index contributed by atoms with van der Waals surface area (Å²) in [5.41, 5.74) is 8.54. The van der Waals surface area contributed by atoms with Gasteiger partial charge in [-0.2, -0.15) is 5.10 Å². The van der Waals surface area contributed by atoms with Gasteiger partial charge in [0.05, 0.1) is 11.1 Å². The van der Waals surface area contributed by atoms with Crippen LogP contribution in [0.25, 0.3) is 10.9 Å². The van der Waals surface area contributed by atoms with Crippen molar-refractivity contribution in [1.82, 2.24) is 10.2 Å². The van der Waals surface area contributed by atoms with Crippen molar-refractivity contribution in [3.63, 3.8) is 0 Å². The minimum Gasteiger partial charge on any atom is -0.382 e. The van der Waals surface area contributed by atoms with Gasteiger partial charge in [0.15, 0.2) is 5.82 Å². The zero-order chi connectivity index (χ0) is 12.4. The number of nitrogens with two attached hydrogens (primary N) is 1. The first-order valence-electron chi connectivity index (χ1n) is 5.64. The van der Waals surface area contributed by atoms with Gasteiger partial charge in [-0.25, -0.2) is 0 Å². The lowest BCUT2D eigenvalue weighted by Crippen LogP contribution is -1.83. The Hall–Kier alpha value is -2.73. The summed E-state index contributed by atoms with van der Waals surface area (Å²) in [5.74, 6) is 6.77. The van der Waals surface area contributed by atoms with Gasteiger partial charge in [-0.05, 0) is 24.3 Å². The quantitative estimate of drug-likeness (QED) is 0.586. The number of anilines is 1. The highest BCUT2D eigenvalue weighted by molar-refractivity contribution is 5.92. The van der Waals surface area contributed by atoms with Gasteiger partial charge in [-0.3, -0.25) is 5.10 Å². The first-order chi connectivity index (χ1) is 8.84. The van der Waals surface area contributed by atoms with Crippen LogP contribution in [-0.4, -0.2) is 10.2 Å². The lowest BCUT2D eigenvalue weighted by Gasteiger charge is -1.93. The predicted octanol–water partition coefficient (Wildman–Crippen LogP) is 2.54. The standard InChI is InChI=1S/C15H11N3/c16-15-13-8-4-7-12(14(13)17-18-15)10-9-11-5-2-1-3-6-11/h1-8H,(H3,16,17,18). The summed E-state index contributed by atoms with van der Waals surface area (Å²) in [7, 11) is 0. The molecule has 0 radical (unpaired) electrons. The summed E-state index contributed by atoms with van der Waals surface area (Å²) < 4.78 is 0. The van der Waals surface area contributed by atoms with E-state index >= 15 is 0 Å². The van der Waals surface area contributed by atoms with E-state index in [2.05, 4.69) is 22.0 Å². The molecule has 0 aliphatic rings. The summed E-state index contributed by atoms with van der Waals surface area (Å²) >= 11 is 0. The molecule has 18 heavy (non-hydrogen) atoms. The molecule has 0 atom stereocenters. The lowest BCUT2D eigenvalue weighted by molar-refractivity contribution is 1.13. The molecule has 0 aliphatic carbocycles. The van der Waals surface area contributed by atoms with Crippen LogP contribution in [0.5, 0.6) is 0 Å². The average Bonchev–Trinajstić information content (AvgIpc) is 2.80. The van der Waals surface area contributed by atoms with E-state index in [1.54, 1.807) is 0 Å². The van der Waals surface area contributed by atoms with Crippen molar-refractivity contribution in [2.24, 2.45) is 0 Å². The maximum Gasteiger partial charge on any atom is 0.153 e. The number of H-pyrrole nitrogens is 1. The molecule has 0 saturated heterocycles. The number of hydrogen-bond acceptors (Lipinski definition) is 2. The Morgan fingerprint density at radius 1 is 0.944 bits per heavy atom. The largest absolute Gasteiger partial charge is 0.382 e. The Morgan fingerprint density at radius 3 is 2.61 bits per heavy atom. The van der Waals surface area contributed by atoms with Crippen LogP contribution in [0.1, 0.15) is 11.1 Å². The van der Waals surface area contributed by atoms with E-state index in [4.69, 9.17) is 5.73 Å². The highest BCUT2D eigenvalue weighted by Gasteiger charge is 2.04. The number of hydrogen-bond donors (Lipinski definition) is 2. The number of rotatable bonds is 0. The minimum absolute atomic E-state index is 0.508. The molecule has 2 aromatic carbocycles. The van der Waals surface area contributed by atoms with Gasteiger partial charge in [0, 0.05) is 10.9 Å². The van der Waals surface area contributed by atoms with Crippen molar-refractivity contribution in [3.8, 4) is 11.8 Å². The first kappa shape index (κ1) is 10.4. The van der Waals surface area contributed by atoms with Crippen molar-refractivity contribution in [3.05, 3.63) is 59.7 Å². The zero-order valence-corrected chi connectivity index (χ0v) is 9.64. The molecule has 3 N–H and O–H groups in total. The molecule has 0 amide bonds. The van der Waals surface area contributed by atoms with E-state index in [9.17, 15) is 0 Å². The molecule has 0 fully saturated rings. The van der Waals surface area contributed by atoms with Crippen LogP contribution >= 0.6 is 0 Å². The van der Waals surface area contributed by atoms with Crippen LogP contribution in [0, 0.1) is 11.8 Å². The van der Waals surface area contributed by atoms with E-state index in [1.807, 2.05) is 48.5 Å². The molecule has 0 spiro atoms. The molecule has 3 rings (SSSR count). The van der Waals surface area contributed by atoms with E-state index < -0.39 is 0 Å². The number of benzene rings is 2. The average molecular weight is 233 g/mol. The second-order valence-corrected chi connectivity index (χ2v) is 3.95. The van der Waals surface area contributed by atoms with Crippen LogP contribution in [0.4, 0.5) is 5.82 Å². The van der Waals surface area contributed by atoms with Crippen molar-refractivity contribution >= 4 is 16.7 Å². The third-order valence-corrected chi connectivity index (χ3v) is 2.74. The Morgan fingerprint density at radius 2 is 1.78 bits per heavy atom. The smallest absolute Gasteiger partial charge is 0.153 e. The van der Waals surface area contributed by atoms with Crippen molar-refractivity contribution in [2.45, 2.75) is 0 Å². The van der Waals surface area contributed by atoms with Crippen LogP contribution < -0.4 is 5.73 Å². The van der Waals surface area contributed by atoms with Crippen molar-refractivity contribution in [1.29, 1.82) is 0 Å². The molecule has 0 bridgehead atoms. The number of aromatic amines is 1. The monoisotopic (exact) mass is 233 g/mol. The highest BCUT2D eigenvalue weighted by Crippen LogP contribution is 2.20. The summed E-state index contributed by atoms with van der Waals surface area (Å²) in [6.07, 6.45) is 0. The third kappa shape index (κ3) is 1.80. The summed E-state index contributed by atoms with van der Waals surface area (Å²) in [6, 6.07) is 15.7. The Bertz CT molecular complexity index is 745. The van der Waals surface area contributed by atoms with Crippen molar-refractivity contribution < 1.29 is 0 Å². The molecule has 0 aliphatic heterocycles. The Balaban J connectivity index is 2.09. The number of nitrogens with one attached hydrogen (secondary N) is 1. The molecule has 0 saturated carbocycles. The number of para-hydroxylation sites is 1. The van der Waals surface area contributed by atoms with Gasteiger partial charge in [-0.1, -0.05) is 36.1 Å². The van der Waals surface area contributed by atoms with Gasteiger partial charge < -0.3 is 5.73 Å². The summed E-state index contributed by atoms with van der Waals surface area (Å²) in [6.45, 7) is 0. The van der Waals surface area contributed by atoms with Gasteiger partial charge in [0.1, 0.15) is 0 Å². The minimum atomic E-state index is 0.508. The predicted molar refractivity (Wildman–Crippen MR) is 72.9 cm³/mol. The second-order valence-electron chi connectivity index (χ2n) is 3.95. The van der Waals surface area contributed by atoms with E-state index in [0.29, 0.717) is 5.82 Å². The summed E-state index contributed by atoms with van der Waals surface area (Å²) in [4.78, 5) is 0. The molecule has 1 aromatic heterocycles. The number of fused-ring (bicyclic) bond motifs is 1. The number of nitrogen functional groups attached to an aromatic ring is 1. The van der Waals surface area contributed by atoms with E-state index in [1.165, 1.54) is 0 Å². The van der Waals surface area contributed by atoms with E-state index in [0.717, 1.165) is 22.0 Å². The lowest BCUT2D eigenvalue weighted by atomic mass is 10.1. The van der Waals surface area contributed by atoms with Crippen molar-refractivity contribution in [2.75, 3.05) is 5.73 Å². The fraction of sp³-hybridized carbons (Fsp3) is 0. The maximum absolute atomic E-state index is 5.76. The molecule has 3 aromatic rings. The molecule has 3 heteroatoms. The molecule has 0 unspecified atom stereocenters. The molecule has 86 valence electrons. The summed E-state index contributed by atoms with van der Waals surface area (Å²) in [5, 5.41) is 7.82. The SMILES string of the molecule is Nc1n[nH]c2c(C#Cc3ccccc3)cccc12. The Kier molecular flexibility index (Phi) is 2.47. The zero-order valence-electron chi connectivity index (χ0n) is 9.64. The fourth-order valence-electron chi connectivity index (χ4n) is 1.83. The third-order valence-electron chi connectivity index (χ3n) is 2.74. The highest BCUT2D eigenvalue weighted by atomic mass is 15.1. The normalized spacial score (nSPS) is 10.0. The first-order valence-corrected chi connectivity index (χ1v) is 5.64. The number of nitrogens with zero attached hydrogens (tertiary/aromatic N) is 1. The second kappa shape index (κ2) is 4.27. The van der Waals surface area contributed by atoms with Gasteiger partial charge in [-0.15, -0.1) is 0 Å². The number of aromatic nitrogens is 2. The van der Waals surface area contributed by atoms with Crippen LogP contribution in [0.15, 0.2) is 48.5 Å². The molecule has 1 heterocycles. The topological polar surface area (TPSA) is 54.7 Å². The fourth-order valence-corrected chi connectivity index (χ4v) is 1.83.